The molecule has 0 aliphatic carbocycles. The molecule has 0 bridgehead atoms. The molecule has 4 heteroatoms. The summed E-state index contributed by atoms with van der Waals surface area (Å²) in [7, 11) is 0. The average molecular weight is 250 g/mol. The van der Waals surface area contributed by atoms with Gasteiger partial charge in [-0.3, -0.25) is 0 Å². The molecule has 0 aliphatic rings. The average Bonchev–Trinajstić information content (AvgIpc) is 1.84. The number of aromatic nitrogens is 1. The van der Waals surface area contributed by atoms with Crippen molar-refractivity contribution in [2.75, 3.05) is 5.73 Å². The van der Waals surface area contributed by atoms with Crippen molar-refractivity contribution in [2.24, 2.45) is 0 Å². The lowest BCUT2D eigenvalue weighted by Crippen LogP contribution is -1.95. The van der Waals surface area contributed by atoms with Gasteiger partial charge in [0.25, 0.3) is 0 Å². The molecule has 1 heterocycles. The molecule has 54 valence electrons. The zero-order chi connectivity index (χ0) is 7.72. The van der Waals surface area contributed by atoms with Crippen LogP contribution in [-0.4, -0.2) is 10.1 Å². The van der Waals surface area contributed by atoms with Gasteiger partial charge >= 0.3 is 0 Å². The van der Waals surface area contributed by atoms with Crippen LogP contribution >= 0.6 is 22.6 Å². The van der Waals surface area contributed by atoms with E-state index in [1.807, 2.05) is 22.6 Å². The second-order valence-electron chi connectivity index (χ2n) is 2.00. The first kappa shape index (κ1) is 7.59. The van der Waals surface area contributed by atoms with Crippen molar-refractivity contribution in [3.63, 3.8) is 0 Å². The van der Waals surface area contributed by atoms with Crippen LogP contribution in [0.3, 0.4) is 0 Å². The van der Waals surface area contributed by atoms with Gasteiger partial charge in [0.15, 0.2) is 0 Å². The fraction of sp³-hybridized carbons (Fsp3) is 0.167. The van der Waals surface area contributed by atoms with Gasteiger partial charge in [0.05, 0.1) is 0 Å². The Morgan fingerprint density at radius 1 is 1.70 bits per heavy atom. The van der Waals surface area contributed by atoms with Crippen LogP contribution in [0.15, 0.2) is 6.07 Å². The highest BCUT2D eigenvalue weighted by Crippen LogP contribution is 2.20. The van der Waals surface area contributed by atoms with Gasteiger partial charge < -0.3 is 10.8 Å². The summed E-state index contributed by atoms with van der Waals surface area (Å²) >= 11 is 1.93. The Morgan fingerprint density at radius 2 is 2.30 bits per heavy atom. The monoisotopic (exact) mass is 250 g/mol. The van der Waals surface area contributed by atoms with Crippen LogP contribution in [0.25, 0.3) is 0 Å². The van der Waals surface area contributed by atoms with Crippen LogP contribution < -0.4 is 5.73 Å². The van der Waals surface area contributed by atoms with E-state index in [0.717, 1.165) is 5.56 Å². The van der Waals surface area contributed by atoms with Crippen LogP contribution in [0.4, 0.5) is 5.82 Å². The van der Waals surface area contributed by atoms with E-state index < -0.39 is 0 Å². The number of aromatic hydroxyl groups is 1. The van der Waals surface area contributed by atoms with Crippen LogP contribution in [0.1, 0.15) is 5.56 Å². The summed E-state index contributed by atoms with van der Waals surface area (Å²) in [6.07, 6.45) is 0. The van der Waals surface area contributed by atoms with Gasteiger partial charge in [-0.25, -0.2) is 4.98 Å². The molecule has 0 aliphatic heterocycles. The number of halogens is 1. The number of nitrogens with two attached hydrogens (primary N) is 1. The number of nitrogens with zero attached hydrogens (tertiary/aromatic N) is 1. The molecule has 1 aromatic heterocycles. The number of nitrogen functional groups attached to an aromatic ring is 1. The Kier molecular flexibility index (Phi) is 1.98. The van der Waals surface area contributed by atoms with Gasteiger partial charge in [-0.1, -0.05) is 0 Å². The summed E-state index contributed by atoms with van der Waals surface area (Å²) in [5.74, 6) is 0.662. The summed E-state index contributed by atoms with van der Waals surface area (Å²) in [6, 6.07) is 1.60. The van der Waals surface area contributed by atoms with E-state index in [0.29, 0.717) is 9.52 Å². The van der Waals surface area contributed by atoms with Gasteiger partial charge in [-0.2, -0.15) is 0 Å². The van der Waals surface area contributed by atoms with E-state index in [1.165, 1.54) is 0 Å². The van der Waals surface area contributed by atoms with E-state index in [2.05, 4.69) is 4.98 Å². The van der Waals surface area contributed by atoms with Crippen molar-refractivity contribution >= 4 is 28.4 Å². The molecule has 0 aromatic carbocycles. The zero-order valence-corrected chi connectivity index (χ0v) is 7.58. The maximum Gasteiger partial charge on any atom is 0.147 e. The van der Waals surface area contributed by atoms with Crippen LogP contribution in [0.2, 0.25) is 0 Å². The van der Waals surface area contributed by atoms with E-state index in [1.54, 1.807) is 13.0 Å². The minimum absolute atomic E-state index is 0.187. The van der Waals surface area contributed by atoms with E-state index in [9.17, 15) is 0 Å². The Labute approximate surface area is 72.4 Å². The largest absolute Gasteiger partial charge is 0.505 e. The maximum absolute atomic E-state index is 9.10. The molecule has 0 saturated heterocycles. The van der Waals surface area contributed by atoms with Crippen molar-refractivity contribution in [3.05, 3.63) is 15.3 Å². The van der Waals surface area contributed by atoms with E-state index in [4.69, 9.17) is 10.8 Å². The maximum atomic E-state index is 9.10. The third kappa shape index (κ3) is 1.31. The molecular weight excluding hydrogens is 243 g/mol. The number of hydrogen-bond acceptors (Lipinski definition) is 3. The standard InChI is InChI=1S/C6H7IN2O/c1-3-2-4(10)5(7)9-6(3)8/h2,10H,1H3,(H2,8,9). The van der Waals surface area contributed by atoms with Crippen LogP contribution in [-0.2, 0) is 0 Å². The number of rotatable bonds is 0. The third-order valence-corrected chi connectivity index (χ3v) is 1.98. The zero-order valence-electron chi connectivity index (χ0n) is 5.43. The topological polar surface area (TPSA) is 59.1 Å². The Hall–Kier alpha value is -0.520. The Balaban J connectivity index is 3.28. The van der Waals surface area contributed by atoms with Crippen LogP contribution in [0, 0.1) is 10.6 Å². The molecule has 1 aromatic rings. The normalized spacial score (nSPS) is 9.80. The minimum Gasteiger partial charge on any atom is -0.505 e. The molecule has 3 nitrogen and oxygen atoms in total. The molecule has 0 unspecified atom stereocenters. The van der Waals surface area contributed by atoms with E-state index >= 15 is 0 Å². The SMILES string of the molecule is Cc1cc(O)c(I)nc1N. The number of anilines is 1. The Bertz CT molecular complexity index is 212. The lowest BCUT2D eigenvalue weighted by molar-refractivity contribution is 0.468. The van der Waals surface area contributed by atoms with Crippen molar-refractivity contribution in [2.45, 2.75) is 6.92 Å². The lowest BCUT2D eigenvalue weighted by atomic mass is 10.3. The fourth-order valence-corrected chi connectivity index (χ4v) is 1.01. The molecule has 0 spiro atoms. The first-order valence-corrected chi connectivity index (χ1v) is 3.80. The number of aryl methyl sites for hydroxylation is 1. The minimum atomic E-state index is 0.187. The van der Waals surface area contributed by atoms with Gasteiger partial charge in [-0.15, -0.1) is 0 Å². The molecule has 0 fully saturated rings. The van der Waals surface area contributed by atoms with Gasteiger partial charge in [0.2, 0.25) is 0 Å². The predicted molar refractivity (Wildman–Crippen MR) is 47.8 cm³/mol. The third-order valence-electron chi connectivity index (χ3n) is 1.19. The van der Waals surface area contributed by atoms with Gasteiger partial charge in [-0.05, 0) is 41.1 Å². The van der Waals surface area contributed by atoms with Gasteiger partial charge in [0, 0.05) is 0 Å². The smallest absolute Gasteiger partial charge is 0.147 e. The molecule has 0 radical (unpaired) electrons. The Morgan fingerprint density at radius 3 is 2.80 bits per heavy atom. The summed E-state index contributed by atoms with van der Waals surface area (Å²) < 4.78 is 0.542. The molecular formula is C6H7IN2O. The summed E-state index contributed by atoms with van der Waals surface area (Å²) in [5, 5.41) is 9.10. The molecule has 0 amide bonds. The lowest BCUT2D eigenvalue weighted by Gasteiger charge is -2.00. The van der Waals surface area contributed by atoms with Crippen molar-refractivity contribution in [3.8, 4) is 5.75 Å². The molecule has 3 N–H and O–H groups in total. The second kappa shape index (κ2) is 2.61. The fourth-order valence-electron chi connectivity index (χ4n) is 0.590. The van der Waals surface area contributed by atoms with Crippen molar-refractivity contribution in [1.29, 1.82) is 0 Å². The highest BCUT2D eigenvalue weighted by Gasteiger charge is 2.01. The van der Waals surface area contributed by atoms with Crippen LogP contribution in [0.5, 0.6) is 5.75 Å². The highest BCUT2D eigenvalue weighted by molar-refractivity contribution is 14.1. The molecule has 10 heavy (non-hydrogen) atoms. The molecule has 0 atom stereocenters. The van der Waals surface area contributed by atoms with Gasteiger partial charge in [0.1, 0.15) is 15.3 Å². The first-order chi connectivity index (χ1) is 4.61. The summed E-state index contributed by atoms with van der Waals surface area (Å²) in [5.41, 5.74) is 6.27. The quantitative estimate of drug-likeness (QED) is 0.538. The number of pyridine rings is 1. The summed E-state index contributed by atoms with van der Waals surface area (Å²) in [4.78, 5) is 3.89. The molecule has 0 saturated carbocycles. The highest BCUT2D eigenvalue weighted by atomic mass is 127. The van der Waals surface area contributed by atoms with Crippen molar-refractivity contribution < 1.29 is 5.11 Å². The second-order valence-corrected chi connectivity index (χ2v) is 3.02. The first-order valence-electron chi connectivity index (χ1n) is 2.73. The predicted octanol–water partition coefficient (Wildman–Crippen LogP) is 1.28. The molecule has 1 rings (SSSR count). The summed E-state index contributed by atoms with van der Waals surface area (Å²) in [6.45, 7) is 1.80. The van der Waals surface area contributed by atoms with Crippen molar-refractivity contribution in [1.82, 2.24) is 4.98 Å². The van der Waals surface area contributed by atoms with E-state index in [-0.39, 0.29) is 5.75 Å². The number of hydrogen-bond donors (Lipinski definition) is 2.